The van der Waals surface area contributed by atoms with Gasteiger partial charge in [-0.3, -0.25) is 9.59 Å². The van der Waals surface area contributed by atoms with Gasteiger partial charge < -0.3 is 15.8 Å². The standard InChI is InChI=1S/C13H18N2O3/c1-3-18-13(17)6-7-15-10-4-5-11(9(2)16)12(14)8-10/h4-5,8,15H,3,6-7,14H2,1-2H3. The fourth-order valence-corrected chi connectivity index (χ4v) is 1.54. The van der Waals surface area contributed by atoms with Gasteiger partial charge in [-0.15, -0.1) is 0 Å². The highest BCUT2D eigenvalue weighted by atomic mass is 16.5. The van der Waals surface area contributed by atoms with Gasteiger partial charge in [-0.1, -0.05) is 0 Å². The van der Waals surface area contributed by atoms with Crippen LogP contribution >= 0.6 is 0 Å². The number of esters is 1. The van der Waals surface area contributed by atoms with E-state index in [4.69, 9.17) is 10.5 Å². The van der Waals surface area contributed by atoms with E-state index < -0.39 is 0 Å². The summed E-state index contributed by atoms with van der Waals surface area (Å²) in [5.41, 5.74) is 7.47. The molecule has 0 spiro atoms. The van der Waals surface area contributed by atoms with Crippen LogP contribution in [-0.4, -0.2) is 24.9 Å². The molecule has 0 saturated carbocycles. The topological polar surface area (TPSA) is 81.4 Å². The lowest BCUT2D eigenvalue weighted by Crippen LogP contribution is -2.11. The van der Waals surface area contributed by atoms with Gasteiger partial charge in [0.05, 0.1) is 13.0 Å². The number of carbonyl (C=O) groups is 2. The first-order valence-electron chi connectivity index (χ1n) is 5.84. The number of rotatable bonds is 6. The van der Waals surface area contributed by atoms with Crippen molar-refractivity contribution in [1.82, 2.24) is 0 Å². The fourth-order valence-electron chi connectivity index (χ4n) is 1.54. The van der Waals surface area contributed by atoms with Crippen LogP contribution < -0.4 is 11.1 Å². The molecule has 5 nitrogen and oxygen atoms in total. The molecule has 0 saturated heterocycles. The summed E-state index contributed by atoms with van der Waals surface area (Å²) in [4.78, 5) is 22.3. The van der Waals surface area contributed by atoms with Crippen LogP contribution in [-0.2, 0) is 9.53 Å². The van der Waals surface area contributed by atoms with Crippen LogP contribution in [0.5, 0.6) is 0 Å². The van der Waals surface area contributed by atoms with Gasteiger partial charge >= 0.3 is 5.97 Å². The minimum Gasteiger partial charge on any atom is -0.466 e. The van der Waals surface area contributed by atoms with Gasteiger partial charge in [0.2, 0.25) is 0 Å². The molecule has 1 rings (SSSR count). The molecule has 1 aromatic rings. The number of carbonyl (C=O) groups excluding carboxylic acids is 2. The van der Waals surface area contributed by atoms with Gasteiger partial charge in [0, 0.05) is 23.5 Å². The number of anilines is 2. The van der Waals surface area contributed by atoms with Crippen molar-refractivity contribution in [1.29, 1.82) is 0 Å². The Morgan fingerprint density at radius 3 is 2.67 bits per heavy atom. The van der Waals surface area contributed by atoms with Crippen LogP contribution in [0.2, 0.25) is 0 Å². The summed E-state index contributed by atoms with van der Waals surface area (Å²) in [6.07, 6.45) is 0.294. The summed E-state index contributed by atoms with van der Waals surface area (Å²) in [7, 11) is 0. The third-order valence-corrected chi connectivity index (χ3v) is 2.39. The monoisotopic (exact) mass is 250 g/mol. The van der Waals surface area contributed by atoms with Crippen LogP contribution in [0.3, 0.4) is 0 Å². The van der Waals surface area contributed by atoms with E-state index in [2.05, 4.69) is 5.32 Å². The Balaban J connectivity index is 2.51. The molecule has 5 heteroatoms. The van der Waals surface area contributed by atoms with E-state index in [0.717, 1.165) is 5.69 Å². The first kappa shape index (κ1) is 14.0. The summed E-state index contributed by atoms with van der Waals surface area (Å²) in [6, 6.07) is 5.12. The summed E-state index contributed by atoms with van der Waals surface area (Å²) in [5.74, 6) is -0.302. The highest BCUT2D eigenvalue weighted by Gasteiger charge is 2.05. The number of nitrogens with two attached hydrogens (primary N) is 1. The number of ether oxygens (including phenoxy) is 1. The second kappa shape index (κ2) is 6.64. The molecule has 0 aliphatic rings. The molecule has 0 amide bonds. The first-order valence-corrected chi connectivity index (χ1v) is 5.84. The van der Waals surface area contributed by atoms with Crippen LogP contribution in [0.1, 0.15) is 30.6 Å². The van der Waals surface area contributed by atoms with Crippen LogP contribution in [0, 0.1) is 0 Å². The molecule has 0 heterocycles. The van der Waals surface area contributed by atoms with Gasteiger partial charge in [0.15, 0.2) is 5.78 Å². The SMILES string of the molecule is CCOC(=O)CCNc1ccc(C(C)=O)c(N)c1. The Bertz CT molecular complexity index is 444. The molecule has 0 aromatic heterocycles. The van der Waals surface area contributed by atoms with Crippen molar-refractivity contribution in [2.24, 2.45) is 0 Å². The van der Waals surface area contributed by atoms with E-state index >= 15 is 0 Å². The molecule has 0 aliphatic heterocycles. The number of hydrogen-bond acceptors (Lipinski definition) is 5. The molecular weight excluding hydrogens is 232 g/mol. The Kier molecular flexibility index (Phi) is 5.17. The van der Waals surface area contributed by atoms with Gasteiger partial charge in [0.25, 0.3) is 0 Å². The van der Waals surface area contributed by atoms with Gasteiger partial charge in [0.1, 0.15) is 0 Å². The van der Waals surface area contributed by atoms with E-state index in [9.17, 15) is 9.59 Å². The van der Waals surface area contributed by atoms with E-state index in [1.165, 1.54) is 6.92 Å². The maximum atomic E-state index is 11.2. The maximum absolute atomic E-state index is 11.2. The van der Waals surface area contributed by atoms with Crippen molar-refractivity contribution in [2.45, 2.75) is 20.3 Å². The van der Waals surface area contributed by atoms with E-state index in [-0.39, 0.29) is 11.8 Å². The van der Waals surface area contributed by atoms with E-state index in [1.54, 1.807) is 25.1 Å². The molecule has 0 fully saturated rings. The predicted molar refractivity (Wildman–Crippen MR) is 70.6 cm³/mol. The van der Waals surface area contributed by atoms with Crippen molar-refractivity contribution >= 4 is 23.1 Å². The number of hydrogen-bond donors (Lipinski definition) is 2. The summed E-state index contributed by atoms with van der Waals surface area (Å²) < 4.78 is 4.81. The first-order chi connectivity index (χ1) is 8.54. The largest absolute Gasteiger partial charge is 0.466 e. The third-order valence-electron chi connectivity index (χ3n) is 2.39. The molecule has 0 bridgehead atoms. The summed E-state index contributed by atoms with van der Waals surface area (Å²) >= 11 is 0. The minimum absolute atomic E-state index is 0.0643. The van der Waals surface area contributed by atoms with E-state index in [0.29, 0.717) is 30.8 Å². The van der Waals surface area contributed by atoms with Crippen molar-refractivity contribution in [2.75, 3.05) is 24.2 Å². The summed E-state index contributed by atoms with van der Waals surface area (Å²) in [5, 5.41) is 3.05. The molecule has 98 valence electrons. The smallest absolute Gasteiger partial charge is 0.307 e. The quantitative estimate of drug-likeness (QED) is 0.457. The molecule has 0 aliphatic carbocycles. The number of Topliss-reactive ketones (excluding diaryl/α,β-unsaturated/α-hetero) is 1. The van der Waals surface area contributed by atoms with Crippen LogP contribution in [0.15, 0.2) is 18.2 Å². The second-order valence-electron chi connectivity index (χ2n) is 3.84. The van der Waals surface area contributed by atoms with Gasteiger partial charge in [-0.25, -0.2) is 0 Å². The van der Waals surface area contributed by atoms with Crippen LogP contribution in [0.4, 0.5) is 11.4 Å². The number of benzene rings is 1. The van der Waals surface area contributed by atoms with E-state index in [1.807, 2.05) is 0 Å². The lowest BCUT2D eigenvalue weighted by molar-refractivity contribution is -0.142. The Morgan fingerprint density at radius 1 is 1.39 bits per heavy atom. The Morgan fingerprint density at radius 2 is 2.11 bits per heavy atom. The molecule has 0 unspecified atom stereocenters. The van der Waals surface area contributed by atoms with Crippen molar-refractivity contribution in [3.05, 3.63) is 23.8 Å². The molecule has 0 radical (unpaired) electrons. The Hall–Kier alpha value is -2.04. The Labute approximate surface area is 106 Å². The summed E-state index contributed by atoms with van der Waals surface area (Å²) in [6.45, 7) is 4.10. The lowest BCUT2D eigenvalue weighted by atomic mass is 10.1. The highest BCUT2D eigenvalue weighted by molar-refractivity contribution is 5.99. The molecule has 18 heavy (non-hydrogen) atoms. The number of nitrogens with one attached hydrogen (secondary N) is 1. The zero-order valence-electron chi connectivity index (χ0n) is 10.7. The highest BCUT2D eigenvalue weighted by Crippen LogP contribution is 2.18. The van der Waals surface area contributed by atoms with Crippen molar-refractivity contribution < 1.29 is 14.3 Å². The van der Waals surface area contributed by atoms with Crippen LogP contribution in [0.25, 0.3) is 0 Å². The molecule has 0 atom stereocenters. The lowest BCUT2D eigenvalue weighted by Gasteiger charge is -2.08. The zero-order valence-corrected chi connectivity index (χ0v) is 10.7. The average Bonchev–Trinajstić information content (AvgIpc) is 2.29. The van der Waals surface area contributed by atoms with Crippen molar-refractivity contribution in [3.63, 3.8) is 0 Å². The normalized spacial score (nSPS) is 9.89. The molecule has 3 N–H and O–H groups in total. The predicted octanol–water partition coefficient (Wildman–Crippen LogP) is 1.84. The fraction of sp³-hybridized carbons (Fsp3) is 0.385. The number of ketones is 1. The molecule has 1 aromatic carbocycles. The van der Waals surface area contributed by atoms with Gasteiger partial charge in [-0.05, 0) is 32.0 Å². The second-order valence-corrected chi connectivity index (χ2v) is 3.84. The number of nitrogen functional groups attached to an aromatic ring is 1. The minimum atomic E-state index is -0.238. The van der Waals surface area contributed by atoms with Gasteiger partial charge in [-0.2, -0.15) is 0 Å². The average molecular weight is 250 g/mol. The molecular formula is C13H18N2O3. The third kappa shape index (κ3) is 4.08. The van der Waals surface area contributed by atoms with Crippen molar-refractivity contribution in [3.8, 4) is 0 Å². The zero-order chi connectivity index (χ0) is 13.5. The maximum Gasteiger partial charge on any atom is 0.307 e.